The predicted octanol–water partition coefficient (Wildman–Crippen LogP) is 0.938. The van der Waals surface area contributed by atoms with Gasteiger partial charge in [-0.25, -0.2) is 8.42 Å². The summed E-state index contributed by atoms with van der Waals surface area (Å²) in [6.07, 6.45) is 1.70. The lowest BCUT2D eigenvalue weighted by Gasteiger charge is -2.21. The molecule has 1 fully saturated rings. The van der Waals surface area contributed by atoms with Crippen LogP contribution in [0.4, 0.5) is 0 Å². The second-order valence-electron chi connectivity index (χ2n) is 5.32. The molecule has 2 rings (SSSR count). The van der Waals surface area contributed by atoms with Gasteiger partial charge in [-0.1, -0.05) is 19.1 Å². The molecule has 118 valence electrons. The third-order valence-electron chi connectivity index (χ3n) is 3.93. The molecule has 0 aliphatic carbocycles. The Balaban J connectivity index is 2.11. The standard InChI is InChI=1S/C15H24N2O3S/c1-2-14-4-6-15(7-5-14)21(19,20)17-9-3-8-16(10-11-17)12-13-18/h4-7,18H,2-3,8-13H2,1H3. The van der Waals surface area contributed by atoms with Crippen LogP contribution >= 0.6 is 0 Å². The van der Waals surface area contributed by atoms with Crippen molar-refractivity contribution in [3.63, 3.8) is 0 Å². The fourth-order valence-electron chi connectivity index (χ4n) is 2.60. The molecule has 5 nitrogen and oxygen atoms in total. The van der Waals surface area contributed by atoms with E-state index in [0.717, 1.165) is 24.9 Å². The first-order valence-corrected chi connectivity index (χ1v) is 8.94. The third-order valence-corrected chi connectivity index (χ3v) is 5.85. The molecule has 0 radical (unpaired) electrons. The number of hydrogen-bond acceptors (Lipinski definition) is 4. The van der Waals surface area contributed by atoms with Gasteiger partial charge in [0, 0.05) is 26.2 Å². The zero-order valence-corrected chi connectivity index (χ0v) is 13.3. The summed E-state index contributed by atoms with van der Waals surface area (Å²) in [5.74, 6) is 0. The molecule has 1 aliphatic rings. The van der Waals surface area contributed by atoms with Gasteiger partial charge in [0.05, 0.1) is 11.5 Å². The summed E-state index contributed by atoms with van der Waals surface area (Å²) in [5, 5.41) is 8.99. The number of aliphatic hydroxyl groups excluding tert-OH is 1. The smallest absolute Gasteiger partial charge is 0.243 e. The summed E-state index contributed by atoms with van der Waals surface area (Å²) in [6, 6.07) is 7.15. The van der Waals surface area contributed by atoms with Crippen molar-refractivity contribution in [3.05, 3.63) is 29.8 Å². The summed E-state index contributed by atoms with van der Waals surface area (Å²) in [4.78, 5) is 2.48. The van der Waals surface area contributed by atoms with E-state index in [-0.39, 0.29) is 6.61 Å². The van der Waals surface area contributed by atoms with Crippen molar-refractivity contribution in [2.24, 2.45) is 0 Å². The summed E-state index contributed by atoms with van der Waals surface area (Å²) < 4.78 is 26.9. The molecule has 1 aromatic carbocycles. The largest absolute Gasteiger partial charge is 0.395 e. The first-order valence-electron chi connectivity index (χ1n) is 7.50. The van der Waals surface area contributed by atoms with Gasteiger partial charge in [0.25, 0.3) is 0 Å². The average molecular weight is 312 g/mol. The Kier molecular flexibility index (Phi) is 5.75. The van der Waals surface area contributed by atoms with Crippen LogP contribution in [-0.4, -0.2) is 62.1 Å². The Bertz CT molecular complexity index is 543. The van der Waals surface area contributed by atoms with Crippen LogP contribution in [0.1, 0.15) is 18.9 Å². The fraction of sp³-hybridized carbons (Fsp3) is 0.600. The fourth-order valence-corrected chi connectivity index (χ4v) is 4.07. The quantitative estimate of drug-likeness (QED) is 0.879. The minimum Gasteiger partial charge on any atom is -0.395 e. The van der Waals surface area contributed by atoms with E-state index >= 15 is 0 Å². The maximum atomic E-state index is 12.7. The van der Waals surface area contributed by atoms with Gasteiger partial charge in [0.2, 0.25) is 10.0 Å². The number of β-amino-alcohol motifs (C(OH)–C–C–N with tert-alkyl or cyclic N) is 1. The number of nitrogens with zero attached hydrogens (tertiary/aromatic N) is 2. The lowest BCUT2D eigenvalue weighted by molar-refractivity contribution is 0.202. The van der Waals surface area contributed by atoms with Crippen molar-refractivity contribution in [2.45, 2.75) is 24.7 Å². The summed E-state index contributed by atoms with van der Waals surface area (Å²) in [7, 11) is -3.40. The highest BCUT2D eigenvalue weighted by Crippen LogP contribution is 2.18. The topological polar surface area (TPSA) is 60.9 Å². The van der Waals surface area contributed by atoms with Gasteiger partial charge in [-0.3, -0.25) is 4.90 Å². The SMILES string of the molecule is CCc1ccc(S(=O)(=O)N2CCCN(CCO)CC2)cc1. The van der Waals surface area contributed by atoms with Crippen LogP contribution in [0.15, 0.2) is 29.2 Å². The molecule has 1 aromatic rings. The second-order valence-corrected chi connectivity index (χ2v) is 7.26. The Labute approximate surface area is 127 Å². The maximum Gasteiger partial charge on any atom is 0.243 e. The van der Waals surface area contributed by atoms with Crippen molar-refractivity contribution in [1.29, 1.82) is 0 Å². The van der Waals surface area contributed by atoms with Crippen LogP contribution in [0.2, 0.25) is 0 Å². The average Bonchev–Trinajstić information content (AvgIpc) is 2.74. The second kappa shape index (κ2) is 7.35. The van der Waals surface area contributed by atoms with E-state index in [1.54, 1.807) is 16.4 Å². The zero-order valence-electron chi connectivity index (χ0n) is 12.5. The molecule has 1 saturated heterocycles. The van der Waals surface area contributed by atoms with Crippen LogP contribution < -0.4 is 0 Å². The van der Waals surface area contributed by atoms with E-state index < -0.39 is 10.0 Å². The predicted molar refractivity (Wildman–Crippen MR) is 82.7 cm³/mol. The van der Waals surface area contributed by atoms with Crippen LogP contribution in [0, 0.1) is 0 Å². The molecule has 0 saturated carbocycles. The van der Waals surface area contributed by atoms with E-state index in [1.807, 2.05) is 19.1 Å². The highest BCUT2D eigenvalue weighted by Gasteiger charge is 2.26. The van der Waals surface area contributed by atoms with Gasteiger partial charge < -0.3 is 5.11 Å². The Hall–Kier alpha value is -0.950. The van der Waals surface area contributed by atoms with Crippen molar-refractivity contribution in [2.75, 3.05) is 39.3 Å². The van der Waals surface area contributed by atoms with Crippen LogP contribution in [0.25, 0.3) is 0 Å². The normalized spacial score (nSPS) is 18.6. The molecule has 0 bridgehead atoms. The van der Waals surface area contributed by atoms with E-state index in [0.29, 0.717) is 31.1 Å². The van der Waals surface area contributed by atoms with Crippen LogP contribution in [-0.2, 0) is 16.4 Å². The highest BCUT2D eigenvalue weighted by molar-refractivity contribution is 7.89. The first kappa shape index (κ1) is 16.4. The third kappa shape index (κ3) is 4.03. The summed E-state index contributed by atoms with van der Waals surface area (Å²) in [5.41, 5.74) is 1.14. The van der Waals surface area contributed by atoms with Gasteiger partial charge in [0.15, 0.2) is 0 Å². The molecular weight excluding hydrogens is 288 g/mol. The van der Waals surface area contributed by atoms with E-state index in [4.69, 9.17) is 5.11 Å². The molecule has 1 aliphatic heterocycles. The maximum absolute atomic E-state index is 12.7. The lowest BCUT2D eigenvalue weighted by Crippen LogP contribution is -2.35. The number of sulfonamides is 1. The lowest BCUT2D eigenvalue weighted by atomic mass is 10.2. The molecular formula is C15H24N2O3S. The van der Waals surface area contributed by atoms with Gasteiger partial charge in [-0.2, -0.15) is 4.31 Å². The summed E-state index contributed by atoms with van der Waals surface area (Å²) in [6.45, 7) is 5.31. The number of benzene rings is 1. The minimum atomic E-state index is -3.40. The Morgan fingerprint density at radius 2 is 1.81 bits per heavy atom. The highest BCUT2D eigenvalue weighted by atomic mass is 32.2. The van der Waals surface area contributed by atoms with Crippen molar-refractivity contribution in [1.82, 2.24) is 9.21 Å². The van der Waals surface area contributed by atoms with Crippen molar-refractivity contribution < 1.29 is 13.5 Å². The molecule has 0 spiro atoms. The molecule has 21 heavy (non-hydrogen) atoms. The molecule has 6 heteroatoms. The Morgan fingerprint density at radius 3 is 2.43 bits per heavy atom. The van der Waals surface area contributed by atoms with E-state index in [9.17, 15) is 8.42 Å². The van der Waals surface area contributed by atoms with Gasteiger partial charge in [-0.05, 0) is 37.1 Å². The van der Waals surface area contributed by atoms with E-state index in [1.165, 1.54) is 0 Å². The summed E-state index contributed by atoms with van der Waals surface area (Å²) >= 11 is 0. The van der Waals surface area contributed by atoms with Crippen LogP contribution in [0.3, 0.4) is 0 Å². The molecule has 1 heterocycles. The number of aliphatic hydroxyl groups is 1. The van der Waals surface area contributed by atoms with Crippen molar-refractivity contribution in [3.8, 4) is 0 Å². The zero-order chi connectivity index (χ0) is 15.3. The first-order chi connectivity index (χ1) is 10.1. The Morgan fingerprint density at radius 1 is 1.10 bits per heavy atom. The number of hydrogen-bond donors (Lipinski definition) is 1. The molecule has 0 atom stereocenters. The molecule has 0 unspecified atom stereocenters. The number of aryl methyl sites for hydroxylation is 1. The number of rotatable bonds is 5. The molecule has 1 N–H and O–H groups in total. The van der Waals surface area contributed by atoms with Crippen molar-refractivity contribution >= 4 is 10.0 Å². The minimum absolute atomic E-state index is 0.116. The molecule has 0 aromatic heterocycles. The van der Waals surface area contributed by atoms with Gasteiger partial charge in [0.1, 0.15) is 0 Å². The van der Waals surface area contributed by atoms with E-state index in [2.05, 4.69) is 4.90 Å². The monoisotopic (exact) mass is 312 g/mol. The molecule has 0 amide bonds. The van der Waals surface area contributed by atoms with Gasteiger partial charge >= 0.3 is 0 Å². The van der Waals surface area contributed by atoms with Gasteiger partial charge in [-0.15, -0.1) is 0 Å². The van der Waals surface area contributed by atoms with Crippen LogP contribution in [0.5, 0.6) is 0 Å².